The predicted molar refractivity (Wildman–Crippen MR) is 117 cm³/mol. The zero-order valence-electron chi connectivity index (χ0n) is 18.1. The van der Waals surface area contributed by atoms with Crippen LogP contribution in [-0.2, 0) is 19.6 Å². The SMILES string of the molecule is Cc1ccc(S(=O)(=O)NC(CC(C)C)C(=O)NNC(=O)C2COc3ccccc3O2)cc1. The molecule has 0 fully saturated rings. The third-order valence-corrected chi connectivity index (χ3v) is 6.25. The summed E-state index contributed by atoms with van der Waals surface area (Å²) in [5, 5.41) is 0. The number of amides is 2. The summed E-state index contributed by atoms with van der Waals surface area (Å²) in [6, 6.07) is 12.2. The smallest absolute Gasteiger partial charge is 0.283 e. The fraction of sp³-hybridized carbons (Fsp3) is 0.364. The molecule has 2 aromatic rings. The Labute approximate surface area is 187 Å². The zero-order valence-corrected chi connectivity index (χ0v) is 18.9. The maximum absolute atomic E-state index is 12.7. The van der Waals surface area contributed by atoms with Gasteiger partial charge < -0.3 is 9.47 Å². The summed E-state index contributed by atoms with van der Waals surface area (Å²) in [7, 11) is -3.93. The topological polar surface area (TPSA) is 123 Å². The summed E-state index contributed by atoms with van der Waals surface area (Å²) in [5.41, 5.74) is 5.50. The largest absolute Gasteiger partial charge is 0.485 e. The number of fused-ring (bicyclic) bond motifs is 1. The molecule has 0 aliphatic carbocycles. The lowest BCUT2D eigenvalue weighted by Crippen LogP contribution is -2.56. The van der Waals surface area contributed by atoms with Gasteiger partial charge in [-0.2, -0.15) is 4.72 Å². The number of carbonyl (C=O) groups excluding carboxylic acids is 2. The zero-order chi connectivity index (χ0) is 23.3. The van der Waals surface area contributed by atoms with Gasteiger partial charge in [0.1, 0.15) is 12.6 Å². The molecule has 0 spiro atoms. The molecule has 32 heavy (non-hydrogen) atoms. The summed E-state index contributed by atoms with van der Waals surface area (Å²) in [4.78, 5) is 25.2. The van der Waals surface area contributed by atoms with Crippen LogP contribution in [0.3, 0.4) is 0 Å². The van der Waals surface area contributed by atoms with E-state index in [1.807, 2.05) is 20.8 Å². The van der Waals surface area contributed by atoms with Gasteiger partial charge in [0.25, 0.3) is 11.8 Å². The van der Waals surface area contributed by atoms with Crippen LogP contribution in [0.4, 0.5) is 0 Å². The van der Waals surface area contributed by atoms with Crippen molar-refractivity contribution in [3.05, 3.63) is 54.1 Å². The molecule has 0 saturated carbocycles. The Morgan fingerprint density at radius 3 is 2.34 bits per heavy atom. The lowest BCUT2D eigenvalue weighted by Gasteiger charge is -2.26. The third kappa shape index (κ3) is 5.98. The van der Waals surface area contributed by atoms with Crippen molar-refractivity contribution in [2.24, 2.45) is 5.92 Å². The number of sulfonamides is 1. The second-order valence-electron chi connectivity index (χ2n) is 7.96. The number of hydrogen-bond acceptors (Lipinski definition) is 6. The van der Waals surface area contributed by atoms with Gasteiger partial charge >= 0.3 is 0 Å². The summed E-state index contributed by atoms with van der Waals surface area (Å²) >= 11 is 0. The molecule has 172 valence electrons. The lowest BCUT2D eigenvalue weighted by atomic mass is 10.0. The van der Waals surface area contributed by atoms with E-state index in [1.54, 1.807) is 36.4 Å². The molecular formula is C22H27N3O6S. The molecule has 1 aliphatic rings. The van der Waals surface area contributed by atoms with E-state index in [2.05, 4.69) is 15.6 Å². The molecule has 2 unspecified atom stereocenters. The monoisotopic (exact) mass is 461 g/mol. The van der Waals surface area contributed by atoms with E-state index in [-0.39, 0.29) is 23.8 Å². The predicted octanol–water partition coefficient (Wildman–Crippen LogP) is 1.68. The van der Waals surface area contributed by atoms with Crippen LogP contribution in [0, 0.1) is 12.8 Å². The quantitative estimate of drug-likeness (QED) is 0.539. The van der Waals surface area contributed by atoms with Crippen LogP contribution in [0.1, 0.15) is 25.8 Å². The minimum atomic E-state index is -3.93. The first kappa shape index (κ1) is 23.6. The highest BCUT2D eigenvalue weighted by Gasteiger charge is 2.30. The molecule has 2 amide bonds. The third-order valence-electron chi connectivity index (χ3n) is 4.76. The molecule has 0 saturated heterocycles. The van der Waals surface area contributed by atoms with Crippen molar-refractivity contribution < 1.29 is 27.5 Å². The molecule has 1 aliphatic heterocycles. The van der Waals surface area contributed by atoms with Gasteiger partial charge in [0.2, 0.25) is 16.1 Å². The fourth-order valence-corrected chi connectivity index (χ4v) is 4.30. The van der Waals surface area contributed by atoms with Crippen molar-refractivity contribution in [3.8, 4) is 11.5 Å². The first-order valence-corrected chi connectivity index (χ1v) is 11.7. The Hall–Kier alpha value is -3.11. The molecule has 9 nitrogen and oxygen atoms in total. The van der Waals surface area contributed by atoms with Crippen LogP contribution >= 0.6 is 0 Å². The van der Waals surface area contributed by atoms with Crippen LogP contribution in [0.2, 0.25) is 0 Å². The Morgan fingerprint density at radius 1 is 1.03 bits per heavy atom. The lowest BCUT2D eigenvalue weighted by molar-refractivity contribution is -0.135. The molecule has 2 atom stereocenters. The van der Waals surface area contributed by atoms with Crippen LogP contribution in [-0.4, -0.2) is 39.0 Å². The summed E-state index contributed by atoms with van der Waals surface area (Å²) in [5.74, 6) is -0.317. The summed E-state index contributed by atoms with van der Waals surface area (Å²) in [6.07, 6.45) is -0.721. The number of ether oxygens (including phenoxy) is 2. The van der Waals surface area contributed by atoms with Crippen molar-refractivity contribution >= 4 is 21.8 Å². The van der Waals surface area contributed by atoms with Gasteiger partial charge in [0.05, 0.1) is 4.90 Å². The van der Waals surface area contributed by atoms with E-state index < -0.39 is 34.0 Å². The molecule has 0 bridgehead atoms. The van der Waals surface area contributed by atoms with E-state index >= 15 is 0 Å². The first-order chi connectivity index (χ1) is 15.2. The van der Waals surface area contributed by atoms with Crippen molar-refractivity contribution in [2.75, 3.05) is 6.61 Å². The highest BCUT2D eigenvalue weighted by molar-refractivity contribution is 7.89. The van der Waals surface area contributed by atoms with E-state index in [4.69, 9.17) is 9.47 Å². The Morgan fingerprint density at radius 2 is 1.69 bits per heavy atom. The number of benzene rings is 2. The number of hydrogen-bond donors (Lipinski definition) is 3. The number of aryl methyl sites for hydroxylation is 1. The highest BCUT2D eigenvalue weighted by atomic mass is 32.2. The molecule has 2 aromatic carbocycles. The average Bonchev–Trinajstić information content (AvgIpc) is 2.76. The molecule has 0 radical (unpaired) electrons. The van der Waals surface area contributed by atoms with Crippen LogP contribution in [0.15, 0.2) is 53.4 Å². The van der Waals surface area contributed by atoms with Gasteiger partial charge in [-0.1, -0.05) is 43.7 Å². The number of para-hydroxylation sites is 2. The highest BCUT2D eigenvalue weighted by Crippen LogP contribution is 2.30. The standard InChI is InChI=1S/C22H27N3O6S/c1-14(2)12-17(25-32(28,29)16-10-8-15(3)9-11-16)21(26)23-24-22(27)20-13-30-18-6-4-5-7-19(18)31-20/h4-11,14,17,20,25H,12-13H2,1-3H3,(H,23,26)(H,24,27). The van der Waals surface area contributed by atoms with Crippen molar-refractivity contribution in [3.63, 3.8) is 0 Å². The number of carbonyl (C=O) groups is 2. The van der Waals surface area contributed by atoms with Gasteiger partial charge in [0.15, 0.2) is 11.5 Å². The first-order valence-electron chi connectivity index (χ1n) is 10.2. The van der Waals surface area contributed by atoms with Gasteiger partial charge in [-0.25, -0.2) is 8.42 Å². The minimum Gasteiger partial charge on any atom is -0.485 e. The molecule has 3 rings (SSSR count). The van der Waals surface area contributed by atoms with E-state index in [0.29, 0.717) is 11.5 Å². The molecule has 0 aromatic heterocycles. The minimum absolute atomic E-state index is 0.0196. The summed E-state index contributed by atoms with van der Waals surface area (Å²) < 4.78 is 39.0. The second kappa shape index (κ2) is 10.0. The number of hydrazine groups is 1. The maximum atomic E-state index is 12.7. The van der Waals surface area contributed by atoms with E-state index in [9.17, 15) is 18.0 Å². The molecule has 1 heterocycles. The summed E-state index contributed by atoms with van der Waals surface area (Å²) in [6.45, 7) is 5.56. The normalized spacial score (nSPS) is 16.3. The molecule has 3 N–H and O–H groups in total. The van der Waals surface area contributed by atoms with Crippen LogP contribution < -0.4 is 25.0 Å². The molecule has 10 heteroatoms. The van der Waals surface area contributed by atoms with Crippen LogP contribution in [0.25, 0.3) is 0 Å². The second-order valence-corrected chi connectivity index (χ2v) is 9.67. The van der Waals surface area contributed by atoms with E-state index in [1.165, 1.54) is 12.1 Å². The number of nitrogens with one attached hydrogen (secondary N) is 3. The van der Waals surface area contributed by atoms with E-state index in [0.717, 1.165) is 5.56 Å². The Balaban J connectivity index is 1.62. The van der Waals surface area contributed by atoms with Crippen molar-refractivity contribution in [1.29, 1.82) is 0 Å². The van der Waals surface area contributed by atoms with Gasteiger partial charge in [-0.05, 0) is 43.5 Å². The maximum Gasteiger partial charge on any atom is 0.283 e. The Bertz CT molecular complexity index is 1070. The molecular weight excluding hydrogens is 434 g/mol. The average molecular weight is 462 g/mol. The van der Waals surface area contributed by atoms with Crippen molar-refractivity contribution in [1.82, 2.24) is 15.6 Å². The van der Waals surface area contributed by atoms with Crippen molar-refractivity contribution in [2.45, 2.75) is 44.2 Å². The van der Waals surface area contributed by atoms with Crippen LogP contribution in [0.5, 0.6) is 11.5 Å². The van der Waals surface area contributed by atoms with Gasteiger partial charge in [0, 0.05) is 0 Å². The van der Waals surface area contributed by atoms with Gasteiger partial charge in [-0.3, -0.25) is 20.4 Å². The Kier molecular flexibility index (Phi) is 7.37. The van der Waals surface area contributed by atoms with Gasteiger partial charge in [-0.15, -0.1) is 0 Å². The number of rotatable bonds is 7. The fourth-order valence-electron chi connectivity index (χ4n) is 3.09.